The van der Waals surface area contributed by atoms with Gasteiger partial charge in [-0.2, -0.15) is 0 Å². The number of hydrogen-bond acceptors (Lipinski definition) is 2. The number of nitrogens with two attached hydrogens (primary N) is 1. The van der Waals surface area contributed by atoms with Crippen molar-refractivity contribution in [1.29, 1.82) is 0 Å². The Hall–Kier alpha value is -1.09. The number of nitrogens with zero attached hydrogens (tertiary/aromatic N) is 1. The molecule has 0 saturated carbocycles. The van der Waals surface area contributed by atoms with Crippen LogP contribution in [0.15, 0.2) is 24.3 Å². The molecule has 1 heterocycles. The molecule has 0 amide bonds. The maximum atomic E-state index is 5.62. The molecule has 3 heteroatoms. The summed E-state index contributed by atoms with van der Waals surface area (Å²) < 4.78 is 0. The van der Waals surface area contributed by atoms with E-state index in [4.69, 9.17) is 18.0 Å². The standard InChI is InChI=1S/C14H20N2S/c1-3-12-7-4-10(2)16(12)13-8-5-11(6-9-13)14(15)17/h5-6,8-10,12H,3-4,7H2,1-2H3,(H2,15,17). The minimum absolute atomic E-state index is 0.470. The topological polar surface area (TPSA) is 29.3 Å². The fourth-order valence-electron chi connectivity index (χ4n) is 2.74. The van der Waals surface area contributed by atoms with Crippen LogP contribution in [0.4, 0.5) is 5.69 Å². The molecule has 1 aliphatic heterocycles. The zero-order chi connectivity index (χ0) is 12.4. The molecule has 1 aromatic carbocycles. The lowest BCUT2D eigenvalue weighted by molar-refractivity contribution is 0.628. The Morgan fingerprint density at radius 1 is 1.35 bits per heavy atom. The molecular weight excluding hydrogens is 228 g/mol. The number of benzene rings is 1. The molecule has 0 spiro atoms. The Morgan fingerprint density at radius 2 is 2.00 bits per heavy atom. The SMILES string of the molecule is CCC1CCC(C)N1c1ccc(C(N)=S)cc1. The highest BCUT2D eigenvalue weighted by atomic mass is 32.1. The molecule has 17 heavy (non-hydrogen) atoms. The Bertz CT molecular complexity index is 399. The lowest BCUT2D eigenvalue weighted by atomic mass is 10.1. The van der Waals surface area contributed by atoms with Crippen LogP contribution >= 0.6 is 12.2 Å². The van der Waals surface area contributed by atoms with Crippen molar-refractivity contribution in [2.75, 3.05) is 4.90 Å². The van der Waals surface area contributed by atoms with Gasteiger partial charge in [0.15, 0.2) is 0 Å². The van der Waals surface area contributed by atoms with Gasteiger partial charge < -0.3 is 10.6 Å². The molecule has 2 rings (SSSR count). The highest BCUT2D eigenvalue weighted by Crippen LogP contribution is 2.31. The van der Waals surface area contributed by atoms with Crippen LogP contribution in [0.2, 0.25) is 0 Å². The summed E-state index contributed by atoms with van der Waals surface area (Å²) in [5.41, 5.74) is 7.86. The van der Waals surface area contributed by atoms with E-state index in [0.29, 0.717) is 17.1 Å². The number of rotatable bonds is 3. The fourth-order valence-corrected chi connectivity index (χ4v) is 2.87. The first-order valence-electron chi connectivity index (χ1n) is 6.31. The van der Waals surface area contributed by atoms with Crippen molar-refractivity contribution in [3.05, 3.63) is 29.8 Å². The van der Waals surface area contributed by atoms with E-state index in [0.717, 1.165) is 5.56 Å². The predicted molar refractivity (Wildman–Crippen MR) is 77.6 cm³/mol. The van der Waals surface area contributed by atoms with Crippen molar-refractivity contribution >= 4 is 22.9 Å². The van der Waals surface area contributed by atoms with Gasteiger partial charge in [0.1, 0.15) is 4.99 Å². The summed E-state index contributed by atoms with van der Waals surface area (Å²) >= 11 is 4.97. The largest absolute Gasteiger partial charge is 0.389 e. The molecule has 2 N–H and O–H groups in total. The van der Waals surface area contributed by atoms with Gasteiger partial charge in [0.05, 0.1) is 0 Å². The van der Waals surface area contributed by atoms with Gasteiger partial charge in [0.25, 0.3) is 0 Å². The van der Waals surface area contributed by atoms with Crippen molar-refractivity contribution < 1.29 is 0 Å². The Labute approximate surface area is 109 Å². The Kier molecular flexibility index (Phi) is 3.67. The minimum Gasteiger partial charge on any atom is -0.389 e. The summed E-state index contributed by atoms with van der Waals surface area (Å²) in [4.78, 5) is 3.00. The normalized spacial score (nSPS) is 24.0. The van der Waals surface area contributed by atoms with Crippen LogP contribution in [0, 0.1) is 0 Å². The van der Waals surface area contributed by atoms with Gasteiger partial charge in [0, 0.05) is 23.3 Å². The van der Waals surface area contributed by atoms with Crippen molar-refractivity contribution in [2.24, 2.45) is 5.73 Å². The van der Waals surface area contributed by atoms with E-state index in [1.165, 1.54) is 24.9 Å². The molecule has 0 bridgehead atoms. The van der Waals surface area contributed by atoms with Gasteiger partial charge in [-0.05, 0) is 50.5 Å². The second-order valence-corrected chi connectivity index (χ2v) is 5.25. The van der Waals surface area contributed by atoms with Gasteiger partial charge in [-0.25, -0.2) is 0 Å². The molecule has 0 radical (unpaired) electrons. The second-order valence-electron chi connectivity index (χ2n) is 4.81. The van der Waals surface area contributed by atoms with E-state index in [2.05, 4.69) is 30.9 Å². The van der Waals surface area contributed by atoms with Crippen LogP contribution < -0.4 is 10.6 Å². The third-order valence-corrected chi connectivity index (χ3v) is 3.94. The highest BCUT2D eigenvalue weighted by molar-refractivity contribution is 7.80. The first kappa shape index (κ1) is 12.4. The highest BCUT2D eigenvalue weighted by Gasteiger charge is 2.29. The average Bonchev–Trinajstić information content (AvgIpc) is 2.70. The molecular formula is C14H20N2S. The van der Waals surface area contributed by atoms with E-state index in [-0.39, 0.29) is 0 Å². The van der Waals surface area contributed by atoms with E-state index >= 15 is 0 Å². The van der Waals surface area contributed by atoms with Gasteiger partial charge in [-0.3, -0.25) is 0 Å². The van der Waals surface area contributed by atoms with Crippen LogP contribution in [-0.4, -0.2) is 17.1 Å². The summed E-state index contributed by atoms with van der Waals surface area (Å²) in [5, 5.41) is 0. The smallest absolute Gasteiger partial charge is 0.103 e. The Morgan fingerprint density at radius 3 is 2.53 bits per heavy atom. The molecule has 1 aliphatic rings. The maximum absolute atomic E-state index is 5.62. The average molecular weight is 248 g/mol. The van der Waals surface area contributed by atoms with Crippen molar-refractivity contribution in [2.45, 2.75) is 45.2 Å². The van der Waals surface area contributed by atoms with E-state index in [1.807, 2.05) is 12.1 Å². The summed E-state index contributed by atoms with van der Waals surface area (Å²) in [6.07, 6.45) is 3.80. The fraction of sp³-hybridized carbons (Fsp3) is 0.500. The summed E-state index contributed by atoms with van der Waals surface area (Å²) in [5.74, 6) is 0. The monoisotopic (exact) mass is 248 g/mol. The van der Waals surface area contributed by atoms with E-state index in [1.54, 1.807) is 0 Å². The molecule has 2 nitrogen and oxygen atoms in total. The van der Waals surface area contributed by atoms with Gasteiger partial charge >= 0.3 is 0 Å². The third kappa shape index (κ3) is 2.44. The maximum Gasteiger partial charge on any atom is 0.103 e. The predicted octanol–water partition coefficient (Wildman–Crippen LogP) is 3.09. The summed E-state index contributed by atoms with van der Waals surface area (Å²) in [6.45, 7) is 4.57. The molecule has 0 aliphatic carbocycles. The van der Waals surface area contributed by atoms with Crippen LogP contribution in [0.1, 0.15) is 38.7 Å². The molecule has 1 aromatic rings. The Balaban J connectivity index is 2.24. The molecule has 2 unspecified atom stereocenters. The van der Waals surface area contributed by atoms with E-state index in [9.17, 15) is 0 Å². The second kappa shape index (κ2) is 5.05. The third-order valence-electron chi connectivity index (χ3n) is 3.71. The van der Waals surface area contributed by atoms with Crippen molar-refractivity contribution in [3.63, 3.8) is 0 Å². The zero-order valence-electron chi connectivity index (χ0n) is 10.5. The minimum atomic E-state index is 0.470. The number of thiocarbonyl (C=S) groups is 1. The first-order valence-corrected chi connectivity index (χ1v) is 6.72. The van der Waals surface area contributed by atoms with Crippen LogP contribution in [0.5, 0.6) is 0 Å². The molecule has 0 aromatic heterocycles. The van der Waals surface area contributed by atoms with Gasteiger partial charge in [-0.1, -0.05) is 19.1 Å². The zero-order valence-corrected chi connectivity index (χ0v) is 11.3. The first-order chi connectivity index (χ1) is 8.13. The molecule has 1 fully saturated rings. The summed E-state index contributed by atoms with van der Waals surface area (Å²) in [7, 11) is 0. The summed E-state index contributed by atoms with van der Waals surface area (Å²) in [6, 6.07) is 9.64. The molecule has 92 valence electrons. The van der Waals surface area contributed by atoms with Crippen molar-refractivity contribution in [1.82, 2.24) is 0 Å². The number of anilines is 1. The van der Waals surface area contributed by atoms with Gasteiger partial charge in [0.2, 0.25) is 0 Å². The lowest BCUT2D eigenvalue weighted by Crippen LogP contribution is -2.34. The van der Waals surface area contributed by atoms with E-state index < -0.39 is 0 Å². The lowest BCUT2D eigenvalue weighted by Gasteiger charge is -2.30. The van der Waals surface area contributed by atoms with Crippen LogP contribution in [0.25, 0.3) is 0 Å². The quantitative estimate of drug-likeness (QED) is 0.834. The van der Waals surface area contributed by atoms with Crippen molar-refractivity contribution in [3.8, 4) is 0 Å². The molecule has 2 atom stereocenters. The van der Waals surface area contributed by atoms with Gasteiger partial charge in [-0.15, -0.1) is 0 Å². The number of hydrogen-bond donors (Lipinski definition) is 1. The van der Waals surface area contributed by atoms with Crippen LogP contribution in [0.3, 0.4) is 0 Å². The van der Waals surface area contributed by atoms with Crippen LogP contribution in [-0.2, 0) is 0 Å². The molecule has 1 saturated heterocycles.